The van der Waals surface area contributed by atoms with Crippen LogP contribution in [0.15, 0.2) is 72.3 Å². The van der Waals surface area contributed by atoms with Gasteiger partial charge < -0.3 is 9.53 Å². The van der Waals surface area contributed by atoms with E-state index in [9.17, 15) is 5.11 Å². The Morgan fingerprint density at radius 2 is 1.38 bits per heavy atom. The Bertz CT molecular complexity index is 789. The van der Waals surface area contributed by atoms with Crippen LogP contribution in [-0.4, -0.2) is 26.1 Å². The predicted octanol–water partition coefficient (Wildman–Crippen LogP) is 6.48. The molecule has 2 nitrogen and oxygen atoms in total. The Morgan fingerprint density at radius 3 is 1.78 bits per heavy atom. The van der Waals surface area contributed by atoms with Crippen molar-refractivity contribution in [3.8, 4) is 0 Å². The lowest BCUT2D eigenvalue weighted by Crippen LogP contribution is -2.66. The van der Waals surface area contributed by atoms with E-state index in [0.29, 0.717) is 6.61 Å². The van der Waals surface area contributed by atoms with Crippen LogP contribution in [0.4, 0.5) is 0 Å². The zero-order valence-electron chi connectivity index (χ0n) is 21.3. The van der Waals surface area contributed by atoms with Crippen LogP contribution in [0.2, 0.25) is 5.04 Å². The minimum Gasteiger partial charge on any atom is -0.403 e. The van der Waals surface area contributed by atoms with Crippen LogP contribution in [-0.2, 0) is 4.43 Å². The number of hydrogen-bond acceptors (Lipinski definition) is 2. The van der Waals surface area contributed by atoms with Gasteiger partial charge in [0.25, 0.3) is 8.32 Å². The van der Waals surface area contributed by atoms with Gasteiger partial charge in [-0.2, -0.15) is 0 Å². The summed E-state index contributed by atoms with van der Waals surface area (Å²) < 4.78 is 7.11. The molecular weight excluding hydrogens is 408 g/mol. The van der Waals surface area contributed by atoms with Crippen molar-refractivity contribution >= 4 is 18.7 Å². The van der Waals surface area contributed by atoms with Crippen molar-refractivity contribution in [1.82, 2.24) is 0 Å². The van der Waals surface area contributed by atoms with E-state index >= 15 is 0 Å². The highest BCUT2D eigenvalue weighted by Gasteiger charge is 2.50. The van der Waals surface area contributed by atoms with Crippen LogP contribution in [0, 0.1) is 5.41 Å². The maximum absolute atomic E-state index is 11.2. The third-order valence-electron chi connectivity index (χ3n) is 6.26. The zero-order chi connectivity index (χ0) is 23.8. The molecule has 0 saturated carbocycles. The second kappa shape index (κ2) is 11.4. The summed E-state index contributed by atoms with van der Waals surface area (Å²) in [6, 6.07) is 21.5. The van der Waals surface area contributed by atoms with Gasteiger partial charge in [0.1, 0.15) is 0 Å². The quantitative estimate of drug-likeness (QED) is 0.254. The van der Waals surface area contributed by atoms with E-state index in [1.165, 1.54) is 23.2 Å². The Balaban J connectivity index is 2.52. The van der Waals surface area contributed by atoms with Gasteiger partial charge in [0, 0.05) is 0 Å². The van der Waals surface area contributed by atoms with Crippen molar-refractivity contribution in [2.45, 2.75) is 85.3 Å². The first kappa shape index (κ1) is 26.6. The maximum Gasteiger partial charge on any atom is 0.261 e. The van der Waals surface area contributed by atoms with E-state index in [1.807, 2.05) is 0 Å². The van der Waals surface area contributed by atoms with Crippen LogP contribution in [0.25, 0.3) is 0 Å². The smallest absolute Gasteiger partial charge is 0.261 e. The van der Waals surface area contributed by atoms with E-state index in [1.54, 1.807) is 0 Å². The minimum absolute atomic E-state index is 0.0737. The van der Waals surface area contributed by atoms with Gasteiger partial charge in [-0.25, -0.2) is 0 Å². The lowest BCUT2D eigenvalue weighted by molar-refractivity contribution is 0.0844. The molecule has 1 atom stereocenters. The number of aliphatic hydroxyl groups excluding tert-OH is 1. The molecule has 0 aliphatic heterocycles. The summed E-state index contributed by atoms with van der Waals surface area (Å²) in [7, 11) is -2.62. The molecule has 0 aromatic heterocycles. The van der Waals surface area contributed by atoms with Crippen molar-refractivity contribution in [1.29, 1.82) is 0 Å². The number of allylic oxidation sites excluding steroid dienone is 1. The average Bonchev–Trinajstić information content (AvgIpc) is 2.75. The van der Waals surface area contributed by atoms with Gasteiger partial charge in [-0.3, -0.25) is 0 Å². The standard InChI is InChI=1S/C29H44O2Si/c1-8-9-10-13-18-24(27(30)28(2,3)4)23-31-32(29(5,6)7,25-19-14-11-15-20-25)26-21-16-12-17-22-26/h11-12,14-22,27,30H,8-10,13,23H2,1-7H3/b24-18+. The number of rotatable bonds is 10. The monoisotopic (exact) mass is 452 g/mol. The first-order valence-electron chi connectivity index (χ1n) is 12.2. The van der Waals surface area contributed by atoms with Gasteiger partial charge >= 0.3 is 0 Å². The largest absolute Gasteiger partial charge is 0.403 e. The van der Waals surface area contributed by atoms with Gasteiger partial charge in [-0.15, -0.1) is 0 Å². The van der Waals surface area contributed by atoms with Gasteiger partial charge in [0.05, 0.1) is 12.7 Å². The Labute approximate surface area is 197 Å². The first-order valence-corrected chi connectivity index (χ1v) is 14.1. The third-order valence-corrected chi connectivity index (χ3v) is 11.2. The molecule has 0 heterocycles. The molecule has 2 aromatic carbocycles. The highest BCUT2D eigenvalue weighted by Crippen LogP contribution is 2.37. The maximum atomic E-state index is 11.2. The van der Waals surface area contributed by atoms with E-state index < -0.39 is 14.4 Å². The molecule has 0 spiro atoms. The molecule has 176 valence electrons. The molecule has 32 heavy (non-hydrogen) atoms. The van der Waals surface area contributed by atoms with E-state index in [-0.39, 0.29) is 10.5 Å². The molecule has 0 bridgehead atoms. The van der Waals surface area contributed by atoms with Crippen molar-refractivity contribution in [3.05, 3.63) is 72.3 Å². The molecule has 0 fully saturated rings. The summed E-state index contributed by atoms with van der Waals surface area (Å²) in [4.78, 5) is 0. The van der Waals surface area contributed by atoms with Gasteiger partial charge in [0.2, 0.25) is 0 Å². The lowest BCUT2D eigenvalue weighted by Gasteiger charge is -2.43. The Kier molecular flexibility index (Phi) is 9.50. The summed E-state index contributed by atoms with van der Waals surface area (Å²) in [5.74, 6) is 0. The fourth-order valence-corrected chi connectivity index (χ4v) is 8.98. The predicted molar refractivity (Wildman–Crippen MR) is 141 cm³/mol. The van der Waals surface area contributed by atoms with Gasteiger partial charge in [-0.05, 0) is 39.2 Å². The second-order valence-corrected chi connectivity index (χ2v) is 15.3. The molecular formula is C29H44O2Si. The number of hydrogen-bond donors (Lipinski definition) is 1. The van der Waals surface area contributed by atoms with E-state index in [0.717, 1.165) is 18.4 Å². The minimum atomic E-state index is -2.62. The summed E-state index contributed by atoms with van der Waals surface area (Å²) in [6.07, 6.45) is 6.26. The fourth-order valence-electron chi connectivity index (χ4n) is 4.44. The Morgan fingerprint density at radius 1 is 0.875 bits per heavy atom. The Hall–Kier alpha value is -1.68. The normalized spacial score (nSPS) is 14.4. The zero-order valence-corrected chi connectivity index (χ0v) is 22.3. The highest BCUT2D eigenvalue weighted by atomic mass is 28.4. The van der Waals surface area contributed by atoms with Gasteiger partial charge in [0.15, 0.2) is 0 Å². The van der Waals surface area contributed by atoms with E-state index in [2.05, 4.69) is 115 Å². The number of unbranched alkanes of at least 4 members (excludes halogenated alkanes) is 3. The van der Waals surface area contributed by atoms with Crippen molar-refractivity contribution in [2.24, 2.45) is 5.41 Å². The van der Waals surface area contributed by atoms with Crippen molar-refractivity contribution in [3.63, 3.8) is 0 Å². The fraction of sp³-hybridized carbons (Fsp3) is 0.517. The van der Waals surface area contributed by atoms with Crippen molar-refractivity contribution in [2.75, 3.05) is 6.61 Å². The summed E-state index contributed by atoms with van der Waals surface area (Å²) >= 11 is 0. The van der Waals surface area contributed by atoms with Crippen LogP contribution >= 0.6 is 0 Å². The molecule has 2 aromatic rings. The first-order chi connectivity index (χ1) is 15.0. The summed E-state index contributed by atoms with van der Waals surface area (Å²) in [5, 5.41) is 13.7. The van der Waals surface area contributed by atoms with Crippen LogP contribution in [0.5, 0.6) is 0 Å². The third kappa shape index (κ3) is 6.43. The average molecular weight is 453 g/mol. The van der Waals surface area contributed by atoms with Crippen molar-refractivity contribution < 1.29 is 9.53 Å². The number of aliphatic hydroxyl groups is 1. The molecule has 3 heteroatoms. The molecule has 1 unspecified atom stereocenters. The second-order valence-electron chi connectivity index (χ2n) is 11.0. The molecule has 2 rings (SSSR count). The van der Waals surface area contributed by atoms with Crippen LogP contribution in [0.3, 0.4) is 0 Å². The summed E-state index contributed by atoms with van der Waals surface area (Å²) in [5.41, 5.74) is 0.785. The number of benzene rings is 2. The lowest BCUT2D eigenvalue weighted by atomic mass is 9.84. The van der Waals surface area contributed by atoms with Crippen LogP contribution < -0.4 is 10.4 Å². The van der Waals surface area contributed by atoms with Crippen LogP contribution in [0.1, 0.15) is 74.1 Å². The summed E-state index contributed by atoms with van der Waals surface area (Å²) in [6.45, 7) is 15.9. The molecule has 0 radical (unpaired) electrons. The topological polar surface area (TPSA) is 29.5 Å². The molecule has 1 N–H and O–H groups in total. The molecule has 0 saturated heterocycles. The van der Waals surface area contributed by atoms with E-state index in [4.69, 9.17) is 4.43 Å². The SMILES string of the molecule is CCCCC/C=C(\CO[Si](c1ccccc1)(c1ccccc1)C(C)(C)C)C(O)C(C)(C)C. The highest BCUT2D eigenvalue weighted by molar-refractivity contribution is 6.99. The molecule has 0 aliphatic carbocycles. The van der Waals surface area contributed by atoms with Gasteiger partial charge in [-0.1, -0.05) is 128 Å². The molecule has 0 aliphatic rings. The molecule has 0 amide bonds.